The van der Waals surface area contributed by atoms with E-state index in [1.165, 1.54) is 19.2 Å². The smallest absolute Gasteiger partial charge is 0.263 e. The summed E-state index contributed by atoms with van der Waals surface area (Å²) in [5, 5.41) is 0. The summed E-state index contributed by atoms with van der Waals surface area (Å²) in [4.78, 5) is 11.2. The minimum atomic E-state index is -2.49. The quantitative estimate of drug-likeness (QED) is 0.818. The monoisotopic (exact) mass is 254 g/mol. The van der Waals surface area contributed by atoms with E-state index >= 15 is 0 Å². The van der Waals surface area contributed by atoms with Crippen LogP contribution in [0.5, 0.6) is 5.75 Å². The molecule has 0 amide bonds. The highest BCUT2D eigenvalue weighted by Crippen LogP contribution is 2.38. The first-order valence-corrected chi connectivity index (χ1v) is 6.09. The zero-order chi connectivity index (χ0) is 13.1. The van der Waals surface area contributed by atoms with Crippen molar-refractivity contribution in [3.63, 3.8) is 0 Å². The Balaban J connectivity index is 2.24. The summed E-state index contributed by atoms with van der Waals surface area (Å²) in [5.74, 6) is 1.03. The number of alkyl halides is 2. The van der Waals surface area contributed by atoms with Crippen molar-refractivity contribution in [2.75, 3.05) is 7.11 Å². The van der Waals surface area contributed by atoms with Gasteiger partial charge in [-0.1, -0.05) is 12.1 Å². The number of methoxy groups -OCH3 is 1. The molecule has 0 unspecified atom stereocenters. The van der Waals surface area contributed by atoms with Crippen molar-refractivity contribution in [1.82, 2.24) is 0 Å². The first-order valence-electron chi connectivity index (χ1n) is 6.09. The fourth-order valence-electron chi connectivity index (χ4n) is 2.45. The summed E-state index contributed by atoms with van der Waals surface area (Å²) in [6.45, 7) is 0. The van der Waals surface area contributed by atoms with Gasteiger partial charge in [0.05, 0.1) is 7.11 Å². The van der Waals surface area contributed by atoms with Crippen LogP contribution >= 0.6 is 0 Å². The third-order valence-electron chi connectivity index (χ3n) is 3.49. The maximum atomic E-state index is 12.6. The molecule has 0 aromatic heterocycles. The molecule has 98 valence electrons. The van der Waals surface area contributed by atoms with E-state index in [2.05, 4.69) is 0 Å². The van der Waals surface area contributed by atoms with E-state index in [-0.39, 0.29) is 17.3 Å². The van der Waals surface area contributed by atoms with Gasteiger partial charge in [-0.2, -0.15) is 0 Å². The molecule has 0 spiro atoms. The van der Waals surface area contributed by atoms with Gasteiger partial charge in [-0.3, -0.25) is 4.79 Å². The number of halogens is 2. The molecule has 1 saturated carbocycles. The molecule has 0 N–H and O–H groups in total. The highest BCUT2D eigenvalue weighted by molar-refractivity contribution is 5.79. The second-order valence-corrected chi connectivity index (χ2v) is 4.62. The van der Waals surface area contributed by atoms with Crippen LogP contribution in [0, 0.1) is 0 Å². The Bertz CT molecular complexity index is 433. The molecule has 0 bridgehead atoms. The highest BCUT2D eigenvalue weighted by atomic mass is 19.3. The molecule has 0 atom stereocenters. The molecule has 1 aromatic rings. The molecule has 4 heteroatoms. The molecule has 1 aromatic carbocycles. The zero-order valence-corrected chi connectivity index (χ0v) is 10.3. The number of Topliss-reactive ketones (excluding diaryl/α,β-unsaturated/α-hetero) is 1. The molecular weight excluding hydrogens is 238 g/mol. The predicted octanol–water partition coefficient (Wildman–Crippen LogP) is 3.86. The van der Waals surface area contributed by atoms with Gasteiger partial charge in [0, 0.05) is 18.4 Å². The molecule has 1 fully saturated rings. The van der Waals surface area contributed by atoms with E-state index in [1.54, 1.807) is 6.07 Å². The third kappa shape index (κ3) is 2.68. The number of carbonyl (C=O) groups excluding carboxylic acids is 1. The Morgan fingerprint density at radius 3 is 2.50 bits per heavy atom. The average molecular weight is 254 g/mol. The Morgan fingerprint density at radius 2 is 1.94 bits per heavy atom. The summed E-state index contributed by atoms with van der Waals surface area (Å²) in [7, 11) is 1.49. The number of ether oxygens (including phenoxy) is 1. The topological polar surface area (TPSA) is 26.3 Å². The van der Waals surface area contributed by atoms with Crippen LogP contribution in [0.4, 0.5) is 8.78 Å². The minimum Gasteiger partial charge on any atom is -0.496 e. The van der Waals surface area contributed by atoms with Crippen LogP contribution in [0.3, 0.4) is 0 Å². The van der Waals surface area contributed by atoms with Crippen LogP contribution in [-0.2, 0) is 4.79 Å². The number of benzene rings is 1. The number of ketones is 1. The van der Waals surface area contributed by atoms with Crippen molar-refractivity contribution < 1.29 is 18.3 Å². The largest absolute Gasteiger partial charge is 0.496 e. The van der Waals surface area contributed by atoms with Crippen LogP contribution in [0.25, 0.3) is 0 Å². The van der Waals surface area contributed by atoms with Gasteiger partial charge in [0.15, 0.2) is 0 Å². The number of hydrogen-bond donors (Lipinski definition) is 0. The van der Waals surface area contributed by atoms with E-state index in [1.807, 2.05) is 0 Å². The molecule has 0 radical (unpaired) electrons. The fraction of sp³-hybridized carbons (Fsp3) is 0.500. The van der Waals surface area contributed by atoms with Crippen molar-refractivity contribution in [2.45, 2.75) is 38.0 Å². The lowest BCUT2D eigenvalue weighted by atomic mass is 9.83. The summed E-state index contributed by atoms with van der Waals surface area (Å²) in [6.07, 6.45) is 0.224. The Morgan fingerprint density at radius 1 is 1.28 bits per heavy atom. The van der Waals surface area contributed by atoms with Gasteiger partial charge >= 0.3 is 0 Å². The first-order chi connectivity index (χ1) is 8.61. The molecule has 0 aliphatic heterocycles. The molecule has 1 aliphatic carbocycles. The van der Waals surface area contributed by atoms with Crippen LogP contribution in [-0.4, -0.2) is 12.9 Å². The van der Waals surface area contributed by atoms with Crippen LogP contribution < -0.4 is 4.74 Å². The second-order valence-electron chi connectivity index (χ2n) is 4.62. The molecule has 18 heavy (non-hydrogen) atoms. The molecule has 0 saturated heterocycles. The molecule has 0 heterocycles. The summed E-state index contributed by atoms with van der Waals surface area (Å²) >= 11 is 0. The molecule has 2 nitrogen and oxygen atoms in total. The fourth-order valence-corrected chi connectivity index (χ4v) is 2.45. The minimum absolute atomic E-state index is 0.0255. The highest BCUT2D eigenvalue weighted by Gasteiger charge is 2.23. The average Bonchev–Trinajstić information content (AvgIpc) is 2.39. The van der Waals surface area contributed by atoms with Crippen molar-refractivity contribution >= 4 is 5.78 Å². The van der Waals surface area contributed by atoms with Gasteiger partial charge in [-0.25, -0.2) is 8.78 Å². The Hall–Kier alpha value is -1.45. The lowest BCUT2D eigenvalue weighted by molar-refractivity contribution is -0.120. The zero-order valence-electron chi connectivity index (χ0n) is 10.3. The molecule has 2 rings (SSSR count). The van der Waals surface area contributed by atoms with Gasteiger partial charge in [-0.05, 0) is 30.4 Å². The van der Waals surface area contributed by atoms with E-state index in [4.69, 9.17) is 4.74 Å². The normalized spacial score (nSPS) is 17.2. The van der Waals surface area contributed by atoms with Gasteiger partial charge in [0.25, 0.3) is 6.43 Å². The third-order valence-corrected chi connectivity index (χ3v) is 3.49. The second kappa shape index (κ2) is 5.46. The van der Waals surface area contributed by atoms with Crippen molar-refractivity contribution in [2.24, 2.45) is 0 Å². The number of hydrogen-bond acceptors (Lipinski definition) is 2. The van der Waals surface area contributed by atoms with Gasteiger partial charge < -0.3 is 4.74 Å². The van der Waals surface area contributed by atoms with Gasteiger partial charge in [-0.15, -0.1) is 0 Å². The van der Waals surface area contributed by atoms with Crippen LogP contribution in [0.15, 0.2) is 18.2 Å². The van der Waals surface area contributed by atoms with Crippen LogP contribution in [0.1, 0.15) is 49.2 Å². The van der Waals surface area contributed by atoms with E-state index in [0.717, 1.165) is 18.4 Å². The number of carbonyl (C=O) groups is 1. The summed E-state index contributed by atoms with van der Waals surface area (Å²) < 4.78 is 30.4. The summed E-state index contributed by atoms with van der Waals surface area (Å²) in [5.41, 5.74) is 0.914. The van der Waals surface area contributed by atoms with Gasteiger partial charge in [0.2, 0.25) is 0 Å². The number of rotatable bonds is 3. The first kappa shape index (κ1) is 13.0. The summed E-state index contributed by atoms with van der Waals surface area (Å²) in [6, 6.07) is 4.55. The van der Waals surface area contributed by atoms with Crippen molar-refractivity contribution in [3.05, 3.63) is 29.3 Å². The van der Waals surface area contributed by atoms with Crippen molar-refractivity contribution in [1.29, 1.82) is 0 Å². The maximum Gasteiger partial charge on any atom is 0.263 e. The van der Waals surface area contributed by atoms with Gasteiger partial charge in [0.1, 0.15) is 11.5 Å². The Kier molecular flexibility index (Phi) is 3.94. The Labute approximate surface area is 105 Å². The van der Waals surface area contributed by atoms with E-state index in [9.17, 15) is 13.6 Å². The SMILES string of the molecule is COc1cc(C(F)F)ccc1C1CCC(=O)CC1. The standard InChI is InChI=1S/C14H16F2O2/c1-18-13-8-10(14(15)16)4-7-12(13)9-2-5-11(17)6-3-9/h4,7-9,14H,2-3,5-6H2,1H3. The van der Waals surface area contributed by atoms with Crippen LogP contribution in [0.2, 0.25) is 0 Å². The maximum absolute atomic E-state index is 12.6. The van der Waals surface area contributed by atoms with E-state index in [0.29, 0.717) is 18.6 Å². The predicted molar refractivity (Wildman–Crippen MR) is 64.2 cm³/mol. The molecular formula is C14H16F2O2. The van der Waals surface area contributed by atoms with E-state index < -0.39 is 6.43 Å². The lowest BCUT2D eigenvalue weighted by Crippen LogP contribution is -2.13. The van der Waals surface area contributed by atoms with Crippen molar-refractivity contribution in [3.8, 4) is 5.75 Å². The molecule has 1 aliphatic rings. The lowest BCUT2D eigenvalue weighted by Gasteiger charge is -2.23.